The average molecular weight is 249 g/mol. The van der Waals surface area contributed by atoms with Gasteiger partial charge >= 0.3 is 0 Å². The molecule has 5 heteroatoms. The summed E-state index contributed by atoms with van der Waals surface area (Å²) in [6, 6.07) is 0. The van der Waals surface area contributed by atoms with E-state index in [1.807, 2.05) is 0 Å². The van der Waals surface area contributed by atoms with Crippen LogP contribution >= 0.6 is 0 Å². The van der Waals surface area contributed by atoms with Crippen LogP contribution in [-0.4, -0.2) is 23.1 Å². The SMILES string of the molecule is CCCc1c(NN)ncnc1N1CC(C)C(C)C1. The molecule has 1 aromatic rings. The summed E-state index contributed by atoms with van der Waals surface area (Å²) in [5, 5.41) is 0. The van der Waals surface area contributed by atoms with Crippen LogP contribution < -0.4 is 16.2 Å². The number of aromatic nitrogens is 2. The number of hydrogen-bond donors (Lipinski definition) is 2. The molecule has 3 N–H and O–H groups in total. The van der Waals surface area contributed by atoms with Gasteiger partial charge < -0.3 is 10.3 Å². The zero-order valence-corrected chi connectivity index (χ0v) is 11.5. The van der Waals surface area contributed by atoms with Gasteiger partial charge in [0.25, 0.3) is 0 Å². The highest BCUT2D eigenvalue weighted by molar-refractivity contribution is 5.58. The second-order valence-corrected chi connectivity index (χ2v) is 5.28. The first-order valence-corrected chi connectivity index (χ1v) is 6.72. The van der Waals surface area contributed by atoms with E-state index in [1.165, 1.54) is 0 Å². The van der Waals surface area contributed by atoms with Crippen LogP contribution in [0.2, 0.25) is 0 Å². The second kappa shape index (κ2) is 5.52. The summed E-state index contributed by atoms with van der Waals surface area (Å²) in [5.41, 5.74) is 3.83. The summed E-state index contributed by atoms with van der Waals surface area (Å²) in [7, 11) is 0. The molecule has 5 nitrogen and oxygen atoms in total. The maximum atomic E-state index is 5.54. The Morgan fingerprint density at radius 1 is 1.33 bits per heavy atom. The molecular formula is C13H23N5. The smallest absolute Gasteiger partial charge is 0.148 e. The minimum atomic E-state index is 0.712. The van der Waals surface area contributed by atoms with Crippen molar-refractivity contribution in [3.05, 3.63) is 11.9 Å². The summed E-state index contributed by atoms with van der Waals surface area (Å²) in [6.45, 7) is 8.89. The van der Waals surface area contributed by atoms with Crippen LogP contribution in [0.4, 0.5) is 11.6 Å². The molecule has 2 rings (SSSR count). The highest BCUT2D eigenvalue weighted by atomic mass is 15.3. The van der Waals surface area contributed by atoms with E-state index >= 15 is 0 Å². The molecule has 0 radical (unpaired) electrons. The molecule has 2 heterocycles. The standard InChI is InChI=1S/C13H23N5/c1-4-5-11-12(17-14)15-8-16-13(11)18-6-9(2)10(3)7-18/h8-10H,4-7,14H2,1-3H3,(H,15,16,17). The van der Waals surface area contributed by atoms with Crippen LogP contribution in [0.1, 0.15) is 32.8 Å². The van der Waals surface area contributed by atoms with E-state index in [2.05, 4.69) is 41.1 Å². The Kier molecular flexibility index (Phi) is 4.01. The van der Waals surface area contributed by atoms with E-state index < -0.39 is 0 Å². The Morgan fingerprint density at radius 2 is 2.00 bits per heavy atom. The first kappa shape index (κ1) is 13.1. The van der Waals surface area contributed by atoms with E-state index in [-0.39, 0.29) is 0 Å². The summed E-state index contributed by atoms with van der Waals surface area (Å²) < 4.78 is 0. The van der Waals surface area contributed by atoms with Gasteiger partial charge in [0.15, 0.2) is 0 Å². The van der Waals surface area contributed by atoms with Gasteiger partial charge in [-0.3, -0.25) is 0 Å². The third-order valence-electron chi connectivity index (χ3n) is 3.85. The van der Waals surface area contributed by atoms with Crippen molar-refractivity contribution in [1.29, 1.82) is 0 Å². The van der Waals surface area contributed by atoms with Crippen LogP contribution in [0, 0.1) is 11.8 Å². The molecule has 0 spiro atoms. The Hall–Kier alpha value is -1.36. The molecule has 1 aliphatic rings. The van der Waals surface area contributed by atoms with Crippen molar-refractivity contribution in [1.82, 2.24) is 9.97 Å². The number of rotatable bonds is 4. The molecule has 2 atom stereocenters. The van der Waals surface area contributed by atoms with Crippen LogP contribution in [-0.2, 0) is 6.42 Å². The Labute approximate surface area is 109 Å². The molecule has 0 aliphatic carbocycles. The van der Waals surface area contributed by atoms with Crippen LogP contribution in [0.3, 0.4) is 0 Å². The molecule has 18 heavy (non-hydrogen) atoms. The summed E-state index contributed by atoms with van der Waals surface area (Å²) in [5.74, 6) is 8.78. The van der Waals surface area contributed by atoms with Crippen molar-refractivity contribution in [2.75, 3.05) is 23.4 Å². The molecule has 1 aliphatic heterocycles. The Balaban J connectivity index is 2.32. The molecule has 1 fully saturated rings. The number of hydrazine groups is 1. The lowest BCUT2D eigenvalue weighted by atomic mass is 10.0. The summed E-state index contributed by atoms with van der Waals surface area (Å²) in [6.07, 6.45) is 3.61. The fourth-order valence-corrected chi connectivity index (χ4v) is 2.58. The van der Waals surface area contributed by atoms with Gasteiger partial charge in [-0.05, 0) is 18.3 Å². The van der Waals surface area contributed by atoms with Crippen LogP contribution in [0.5, 0.6) is 0 Å². The van der Waals surface area contributed by atoms with E-state index in [1.54, 1.807) is 6.33 Å². The maximum Gasteiger partial charge on any atom is 0.148 e. The lowest BCUT2D eigenvalue weighted by Gasteiger charge is -2.21. The van der Waals surface area contributed by atoms with Gasteiger partial charge in [0.2, 0.25) is 0 Å². The number of nitrogens with zero attached hydrogens (tertiary/aromatic N) is 3. The first-order valence-electron chi connectivity index (χ1n) is 6.72. The molecule has 2 unspecified atom stereocenters. The monoisotopic (exact) mass is 249 g/mol. The topological polar surface area (TPSA) is 67.1 Å². The lowest BCUT2D eigenvalue weighted by molar-refractivity contribution is 0.494. The quantitative estimate of drug-likeness (QED) is 0.629. The number of anilines is 2. The van der Waals surface area contributed by atoms with Gasteiger partial charge in [-0.2, -0.15) is 0 Å². The zero-order chi connectivity index (χ0) is 13.1. The van der Waals surface area contributed by atoms with Crippen molar-refractivity contribution in [3.8, 4) is 0 Å². The van der Waals surface area contributed by atoms with Gasteiger partial charge in [-0.1, -0.05) is 27.2 Å². The first-order chi connectivity index (χ1) is 8.67. The molecule has 1 aromatic heterocycles. The van der Waals surface area contributed by atoms with Crippen LogP contribution in [0.15, 0.2) is 6.33 Å². The molecule has 0 amide bonds. The predicted octanol–water partition coefficient (Wildman–Crippen LogP) is 1.81. The molecule has 0 aromatic carbocycles. The van der Waals surface area contributed by atoms with Crippen molar-refractivity contribution in [2.24, 2.45) is 17.7 Å². The molecule has 100 valence electrons. The van der Waals surface area contributed by atoms with Crippen molar-refractivity contribution >= 4 is 11.6 Å². The highest BCUT2D eigenvalue weighted by Gasteiger charge is 2.28. The molecule has 0 saturated carbocycles. The molecule has 1 saturated heterocycles. The third-order valence-corrected chi connectivity index (χ3v) is 3.85. The fraction of sp³-hybridized carbons (Fsp3) is 0.692. The van der Waals surface area contributed by atoms with Gasteiger partial charge in [-0.25, -0.2) is 15.8 Å². The highest BCUT2D eigenvalue weighted by Crippen LogP contribution is 2.31. The minimum absolute atomic E-state index is 0.712. The van der Waals surface area contributed by atoms with E-state index in [0.29, 0.717) is 11.8 Å². The van der Waals surface area contributed by atoms with Crippen molar-refractivity contribution in [3.63, 3.8) is 0 Å². The van der Waals surface area contributed by atoms with Gasteiger partial charge in [0.1, 0.15) is 18.0 Å². The van der Waals surface area contributed by atoms with E-state index in [0.717, 1.165) is 43.1 Å². The fourth-order valence-electron chi connectivity index (χ4n) is 2.58. The summed E-state index contributed by atoms with van der Waals surface area (Å²) >= 11 is 0. The number of nitrogens with two attached hydrogens (primary N) is 1. The predicted molar refractivity (Wildman–Crippen MR) is 74.4 cm³/mol. The molecular weight excluding hydrogens is 226 g/mol. The minimum Gasteiger partial charge on any atom is -0.356 e. The van der Waals surface area contributed by atoms with Crippen molar-refractivity contribution in [2.45, 2.75) is 33.6 Å². The van der Waals surface area contributed by atoms with E-state index in [9.17, 15) is 0 Å². The Bertz CT molecular complexity index is 396. The lowest BCUT2D eigenvalue weighted by Crippen LogP contribution is -2.24. The van der Waals surface area contributed by atoms with Gasteiger partial charge in [0, 0.05) is 18.7 Å². The molecule has 0 bridgehead atoms. The summed E-state index contributed by atoms with van der Waals surface area (Å²) in [4.78, 5) is 11.1. The second-order valence-electron chi connectivity index (χ2n) is 5.28. The van der Waals surface area contributed by atoms with Crippen molar-refractivity contribution < 1.29 is 0 Å². The number of nitrogen functional groups attached to an aromatic ring is 1. The maximum absolute atomic E-state index is 5.54. The van der Waals surface area contributed by atoms with E-state index in [4.69, 9.17) is 5.84 Å². The number of hydrogen-bond acceptors (Lipinski definition) is 5. The Morgan fingerprint density at radius 3 is 2.56 bits per heavy atom. The average Bonchev–Trinajstić information content (AvgIpc) is 2.70. The van der Waals surface area contributed by atoms with Gasteiger partial charge in [-0.15, -0.1) is 0 Å². The number of nitrogens with one attached hydrogen (secondary N) is 1. The van der Waals surface area contributed by atoms with Crippen LogP contribution in [0.25, 0.3) is 0 Å². The van der Waals surface area contributed by atoms with Gasteiger partial charge in [0.05, 0.1) is 0 Å². The largest absolute Gasteiger partial charge is 0.356 e. The zero-order valence-electron chi connectivity index (χ0n) is 11.5. The third kappa shape index (κ3) is 2.41. The normalized spacial score (nSPS) is 23.4.